The van der Waals surface area contributed by atoms with Crippen LogP contribution in [0.1, 0.15) is 0 Å². The highest BCUT2D eigenvalue weighted by Crippen LogP contribution is 2.29. The Hall–Kier alpha value is -4.53. The average Bonchev–Trinajstić information content (AvgIpc) is 3.33. The van der Waals surface area contributed by atoms with Gasteiger partial charge in [-0.1, -0.05) is 0 Å². The van der Waals surface area contributed by atoms with Crippen LogP contribution in [0.4, 0.5) is 35.0 Å². The molecule has 3 amide bonds. The first-order valence-electron chi connectivity index (χ1n) is 12.5. The Labute approximate surface area is 225 Å². The van der Waals surface area contributed by atoms with Crippen LogP contribution < -0.4 is 31.7 Å². The van der Waals surface area contributed by atoms with Crippen LogP contribution in [0, 0.1) is 5.82 Å². The van der Waals surface area contributed by atoms with Gasteiger partial charge >= 0.3 is 12.5 Å². The van der Waals surface area contributed by atoms with Crippen LogP contribution in [0.25, 0.3) is 10.9 Å². The highest BCUT2D eigenvalue weighted by atomic mass is 19.3. The molecule has 0 spiro atoms. The van der Waals surface area contributed by atoms with Gasteiger partial charge in [-0.15, -0.1) is 0 Å². The Kier molecular flexibility index (Phi) is 7.38. The minimum absolute atomic E-state index is 0.0477. The Bertz CT molecular complexity index is 1540. The lowest BCUT2D eigenvalue weighted by Crippen LogP contribution is -2.37. The van der Waals surface area contributed by atoms with Gasteiger partial charge in [-0.05, 0) is 36.4 Å². The van der Waals surface area contributed by atoms with Crippen LogP contribution >= 0.6 is 0 Å². The van der Waals surface area contributed by atoms with E-state index < -0.39 is 30.3 Å². The zero-order chi connectivity index (χ0) is 28.6. The molecule has 0 bridgehead atoms. The number of carbonyl (C=O) groups excluding carboxylic acids is 3. The van der Waals surface area contributed by atoms with Gasteiger partial charge in [0.2, 0.25) is 5.91 Å². The number of hydrogen-bond donors (Lipinski definition) is 3. The third kappa shape index (κ3) is 5.19. The Morgan fingerprint density at radius 3 is 2.50 bits per heavy atom. The third-order valence-corrected chi connectivity index (χ3v) is 6.82. The van der Waals surface area contributed by atoms with Gasteiger partial charge < -0.3 is 26.0 Å². The quantitative estimate of drug-likeness (QED) is 0.392. The van der Waals surface area contributed by atoms with E-state index >= 15 is 4.39 Å². The number of carbonyl (C=O) groups is 3. The molecule has 40 heavy (non-hydrogen) atoms. The summed E-state index contributed by atoms with van der Waals surface area (Å²) in [5.41, 5.74) is 6.76. The van der Waals surface area contributed by atoms with E-state index in [0.717, 1.165) is 4.90 Å². The number of hydrogen-bond acceptors (Lipinski definition) is 7. The summed E-state index contributed by atoms with van der Waals surface area (Å²) in [5, 5.41) is 5.08. The lowest BCUT2D eigenvalue weighted by molar-refractivity contribution is -0.132. The van der Waals surface area contributed by atoms with Crippen molar-refractivity contribution in [1.29, 1.82) is 0 Å². The van der Waals surface area contributed by atoms with Gasteiger partial charge in [0.1, 0.15) is 11.9 Å². The van der Waals surface area contributed by atoms with Gasteiger partial charge in [-0.3, -0.25) is 24.0 Å². The number of ether oxygens (including phenoxy) is 1. The molecule has 5 rings (SSSR count). The standard InChI is InChI=1S/C25H26F3N7O5/c26-18-10-15(33-13-16(40-25(33)39)12-30-23(37)22(27)28)2-4-20(18)32-5-7-34-19-3-1-14(31-21(36)11-29)9-17(19)24(38)35(34)8-6-32/h1-4,9-10,16,22H,5-8,11-13,29H2,(H,30,37)(H,31,36)/t16-/m0/s1. The molecule has 1 saturated heterocycles. The zero-order valence-electron chi connectivity index (χ0n) is 21.1. The molecule has 1 atom stereocenters. The maximum atomic E-state index is 15.3. The molecule has 1 fully saturated rings. The molecule has 3 heterocycles. The molecule has 0 saturated carbocycles. The van der Waals surface area contributed by atoms with Crippen LogP contribution in [0.2, 0.25) is 0 Å². The van der Waals surface area contributed by atoms with Crippen molar-refractivity contribution in [3.05, 3.63) is 52.6 Å². The van der Waals surface area contributed by atoms with Crippen molar-refractivity contribution in [3.63, 3.8) is 0 Å². The number of cyclic esters (lactones) is 1. The summed E-state index contributed by atoms with van der Waals surface area (Å²) in [5.74, 6) is -2.43. The highest BCUT2D eigenvalue weighted by Gasteiger charge is 2.33. The number of amides is 3. The number of aromatic nitrogens is 2. The zero-order valence-corrected chi connectivity index (χ0v) is 21.1. The molecule has 0 unspecified atom stereocenters. The molecular formula is C25H26F3N7O5. The largest absolute Gasteiger partial charge is 0.442 e. The second-order valence-corrected chi connectivity index (χ2v) is 9.32. The first-order valence-corrected chi connectivity index (χ1v) is 12.5. The topological polar surface area (TPSA) is 144 Å². The van der Waals surface area contributed by atoms with E-state index in [9.17, 15) is 28.0 Å². The molecule has 15 heteroatoms. The first-order chi connectivity index (χ1) is 19.2. The maximum absolute atomic E-state index is 15.3. The van der Waals surface area contributed by atoms with Gasteiger partial charge in [-0.25, -0.2) is 13.9 Å². The molecule has 0 radical (unpaired) electrons. The summed E-state index contributed by atoms with van der Waals surface area (Å²) in [4.78, 5) is 51.0. The fourth-order valence-electron chi connectivity index (χ4n) is 4.90. The van der Waals surface area contributed by atoms with E-state index in [4.69, 9.17) is 10.5 Å². The Morgan fingerprint density at radius 2 is 1.80 bits per heavy atom. The maximum Gasteiger partial charge on any atom is 0.414 e. The molecule has 212 valence electrons. The average molecular weight is 562 g/mol. The number of benzene rings is 2. The van der Waals surface area contributed by atoms with E-state index in [1.807, 2.05) is 10.00 Å². The van der Waals surface area contributed by atoms with Gasteiger partial charge in [0, 0.05) is 18.8 Å². The van der Waals surface area contributed by atoms with E-state index in [2.05, 4.69) is 5.32 Å². The number of nitrogens with zero attached hydrogens (tertiary/aromatic N) is 4. The minimum atomic E-state index is -3.18. The molecule has 2 aromatic carbocycles. The lowest BCUT2D eigenvalue weighted by atomic mass is 10.2. The molecule has 2 aliphatic rings. The van der Waals surface area contributed by atoms with Crippen LogP contribution in [-0.4, -0.2) is 72.5 Å². The first kappa shape index (κ1) is 27.1. The molecule has 12 nitrogen and oxygen atoms in total. The minimum Gasteiger partial charge on any atom is -0.442 e. The van der Waals surface area contributed by atoms with E-state index in [-0.39, 0.29) is 49.0 Å². The number of halogens is 3. The fourth-order valence-corrected chi connectivity index (χ4v) is 4.90. The summed E-state index contributed by atoms with van der Waals surface area (Å²) < 4.78 is 48.5. The molecule has 4 N–H and O–H groups in total. The summed E-state index contributed by atoms with van der Waals surface area (Å²) >= 11 is 0. The van der Waals surface area contributed by atoms with Gasteiger partial charge in [0.15, 0.2) is 0 Å². The van der Waals surface area contributed by atoms with Crippen LogP contribution in [0.5, 0.6) is 0 Å². The number of nitrogens with two attached hydrogens (primary N) is 1. The van der Waals surface area contributed by atoms with Crippen molar-refractivity contribution in [1.82, 2.24) is 14.7 Å². The van der Waals surface area contributed by atoms with Crippen molar-refractivity contribution in [2.45, 2.75) is 25.6 Å². The summed E-state index contributed by atoms with van der Waals surface area (Å²) in [6.45, 7) is 0.876. The van der Waals surface area contributed by atoms with Gasteiger partial charge in [0.05, 0.1) is 55.0 Å². The number of anilines is 3. The molecule has 3 aromatic rings. The van der Waals surface area contributed by atoms with Crippen molar-refractivity contribution in [2.24, 2.45) is 5.73 Å². The predicted molar refractivity (Wildman–Crippen MR) is 139 cm³/mol. The lowest BCUT2D eigenvalue weighted by Gasteiger charge is -2.24. The summed E-state index contributed by atoms with van der Waals surface area (Å²) in [7, 11) is 0. The molecule has 0 aliphatic carbocycles. The van der Waals surface area contributed by atoms with Crippen LogP contribution in [0.3, 0.4) is 0 Å². The van der Waals surface area contributed by atoms with E-state index in [1.54, 1.807) is 33.8 Å². The van der Waals surface area contributed by atoms with Gasteiger partial charge in [-0.2, -0.15) is 8.78 Å². The fraction of sp³-hybridized carbons (Fsp3) is 0.360. The van der Waals surface area contributed by atoms with Crippen molar-refractivity contribution < 1.29 is 32.3 Å². The smallest absolute Gasteiger partial charge is 0.414 e. The second kappa shape index (κ2) is 10.9. The Morgan fingerprint density at radius 1 is 1.05 bits per heavy atom. The van der Waals surface area contributed by atoms with Crippen molar-refractivity contribution >= 4 is 45.9 Å². The number of alkyl halides is 2. The van der Waals surface area contributed by atoms with Crippen LogP contribution in [-0.2, 0) is 27.4 Å². The SMILES string of the molecule is NCC(=O)Nc1ccc2c(c1)c(=O)n1n2CCN(c2ccc(N3C[C@H](CNC(=O)C(F)F)OC3=O)cc2F)CC1. The monoisotopic (exact) mass is 561 g/mol. The molecule has 2 aliphatic heterocycles. The molecule has 1 aromatic heterocycles. The summed E-state index contributed by atoms with van der Waals surface area (Å²) in [6, 6.07) is 9.29. The second-order valence-electron chi connectivity index (χ2n) is 9.32. The summed E-state index contributed by atoms with van der Waals surface area (Å²) in [6.07, 6.45) is -4.83. The predicted octanol–water partition coefficient (Wildman–Crippen LogP) is 1.07. The van der Waals surface area contributed by atoms with Crippen molar-refractivity contribution in [3.8, 4) is 0 Å². The van der Waals surface area contributed by atoms with Gasteiger partial charge in [0.25, 0.3) is 11.5 Å². The molecular weight excluding hydrogens is 535 g/mol. The van der Waals surface area contributed by atoms with E-state index in [0.29, 0.717) is 36.2 Å². The van der Waals surface area contributed by atoms with Crippen molar-refractivity contribution in [2.75, 3.05) is 47.8 Å². The van der Waals surface area contributed by atoms with Crippen LogP contribution in [0.15, 0.2) is 41.2 Å². The third-order valence-electron chi connectivity index (χ3n) is 6.82. The number of fused-ring (bicyclic) bond motifs is 3. The Balaban J connectivity index is 1.28. The normalized spacial score (nSPS) is 17.1. The number of rotatable bonds is 7. The number of nitrogens with one attached hydrogen (secondary N) is 2. The highest BCUT2D eigenvalue weighted by molar-refractivity contribution is 5.94. The van der Waals surface area contributed by atoms with E-state index in [1.165, 1.54) is 12.1 Å².